The van der Waals surface area contributed by atoms with Crippen molar-refractivity contribution in [2.75, 3.05) is 13.7 Å². The fourth-order valence-corrected chi connectivity index (χ4v) is 2.18. The Bertz CT molecular complexity index is 460. The van der Waals surface area contributed by atoms with Gasteiger partial charge in [0.2, 0.25) is 5.88 Å². The standard InChI is InChI=1S/C11H14N4OS/c1-3-12-9(8-6-17-7-15-8)10-11(16-2)14-5-4-13-10/h4-7,9,12H,3H2,1-2H3. The molecule has 1 N–H and O–H groups in total. The van der Waals surface area contributed by atoms with Gasteiger partial charge in [-0.1, -0.05) is 6.92 Å². The van der Waals surface area contributed by atoms with Crippen LogP contribution in [-0.4, -0.2) is 28.6 Å². The van der Waals surface area contributed by atoms with Crippen LogP contribution in [0.15, 0.2) is 23.3 Å². The van der Waals surface area contributed by atoms with Crippen molar-refractivity contribution in [1.29, 1.82) is 0 Å². The molecule has 1 atom stereocenters. The average Bonchev–Trinajstić information content (AvgIpc) is 2.89. The molecule has 0 bridgehead atoms. The summed E-state index contributed by atoms with van der Waals surface area (Å²) in [4.78, 5) is 12.8. The Morgan fingerprint density at radius 3 is 2.82 bits per heavy atom. The minimum absolute atomic E-state index is 0.0742. The van der Waals surface area contributed by atoms with E-state index < -0.39 is 0 Å². The van der Waals surface area contributed by atoms with Crippen LogP contribution in [0.25, 0.3) is 0 Å². The summed E-state index contributed by atoms with van der Waals surface area (Å²) in [6.07, 6.45) is 3.28. The number of methoxy groups -OCH3 is 1. The van der Waals surface area contributed by atoms with E-state index in [9.17, 15) is 0 Å². The van der Waals surface area contributed by atoms with E-state index in [0.717, 1.165) is 17.9 Å². The van der Waals surface area contributed by atoms with Crippen molar-refractivity contribution in [2.45, 2.75) is 13.0 Å². The quantitative estimate of drug-likeness (QED) is 0.874. The maximum absolute atomic E-state index is 5.23. The molecule has 6 heteroatoms. The van der Waals surface area contributed by atoms with Gasteiger partial charge in [0.25, 0.3) is 0 Å². The molecule has 17 heavy (non-hydrogen) atoms. The number of hydrogen-bond acceptors (Lipinski definition) is 6. The van der Waals surface area contributed by atoms with Crippen LogP contribution < -0.4 is 10.1 Å². The number of rotatable bonds is 5. The number of hydrogen-bond donors (Lipinski definition) is 1. The van der Waals surface area contributed by atoms with Gasteiger partial charge in [-0.3, -0.25) is 4.98 Å². The van der Waals surface area contributed by atoms with Gasteiger partial charge < -0.3 is 10.1 Å². The van der Waals surface area contributed by atoms with Crippen LogP contribution in [0.2, 0.25) is 0 Å². The molecule has 0 aliphatic carbocycles. The first-order valence-corrected chi connectivity index (χ1v) is 6.27. The molecule has 1 unspecified atom stereocenters. The largest absolute Gasteiger partial charge is 0.480 e. The van der Waals surface area contributed by atoms with Crippen molar-refractivity contribution < 1.29 is 4.74 Å². The highest BCUT2D eigenvalue weighted by atomic mass is 32.1. The summed E-state index contributed by atoms with van der Waals surface area (Å²) in [6.45, 7) is 2.87. The van der Waals surface area contributed by atoms with Crippen molar-refractivity contribution in [1.82, 2.24) is 20.3 Å². The minimum atomic E-state index is -0.0742. The second-order valence-electron chi connectivity index (χ2n) is 3.35. The molecule has 0 fully saturated rings. The van der Waals surface area contributed by atoms with Crippen molar-refractivity contribution >= 4 is 11.3 Å². The van der Waals surface area contributed by atoms with E-state index in [-0.39, 0.29) is 6.04 Å². The van der Waals surface area contributed by atoms with Gasteiger partial charge in [-0.15, -0.1) is 11.3 Å². The number of ether oxygens (including phenoxy) is 1. The van der Waals surface area contributed by atoms with Gasteiger partial charge in [0, 0.05) is 17.8 Å². The van der Waals surface area contributed by atoms with Gasteiger partial charge in [-0.25, -0.2) is 9.97 Å². The van der Waals surface area contributed by atoms with Crippen molar-refractivity contribution in [3.05, 3.63) is 34.7 Å². The molecule has 5 nitrogen and oxygen atoms in total. The highest BCUT2D eigenvalue weighted by molar-refractivity contribution is 7.07. The first-order chi connectivity index (χ1) is 8.36. The Labute approximate surface area is 104 Å². The third-order valence-electron chi connectivity index (χ3n) is 2.31. The second-order valence-corrected chi connectivity index (χ2v) is 4.07. The zero-order valence-corrected chi connectivity index (χ0v) is 10.6. The Balaban J connectivity index is 2.39. The first kappa shape index (κ1) is 11.9. The van der Waals surface area contributed by atoms with Gasteiger partial charge in [0.15, 0.2) is 0 Å². The van der Waals surface area contributed by atoms with Gasteiger partial charge in [0.1, 0.15) is 5.69 Å². The maximum atomic E-state index is 5.23. The Morgan fingerprint density at radius 2 is 2.18 bits per heavy atom. The summed E-state index contributed by atoms with van der Waals surface area (Å²) >= 11 is 1.56. The Morgan fingerprint density at radius 1 is 1.35 bits per heavy atom. The second kappa shape index (κ2) is 5.70. The van der Waals surface area contributed by atoms with Crippen molar-refractivity contribution in [2.24, 2.45) is 0 Å². The van der Waals surface area contributed by atoms with Crippen LogP contribution in [0, 0.1) is 0 Å². The minimum Gasteiger partial charge on any atom is -0.480 e. The summed E-state index contributed by atoms with van der Waals surface area (Å²) in [5.41, 5.74) is 3.51. The monoisotopic (exact) mass is 250 g/mol. The topological polar surface area (TPSA) is 59.9 Å². The predicted octanol–water partition coefficient (Wildman–Crippen LogP) is 1.64. The summed E-state index contributed by atoms with van der Waals surface area (Å²) in [5, 5.41) is 5.34. The van der Waals surface area contributed by atoms with Crippen LogP contribution >= 0.6 is 11.3 Å². The zero-order chi connectivity index (χ0) is 12.1. The number of aromatic nitrogens is 3. The van der Waals surface area contributed by atoms with Crippen LogP contribution in [0.4, 0.5) is 0 Å². The van der Waals surface area contributed by atoms with Gasteiger partial charge >= 0.3 is 0 Å². The van der Waals surface area contributed by atoms with Crippen molar-refractivity contribution in [3.8, 4) is 5.88 Å². The summed E-state index contributed by atoms with van der Waals surface area (Å²) in [6, 6.07) is -0.0742. The molecule has 0 saturated carbocycles. The highest BCUT2D eigenvalue weighted by Gasteiger charge is 2.21. The molecule has 0 aromatic carbocycles. The number of nitrogens with zero attached hydrogens (tertiary/aromatic N) is 3. The van der Waals surface area contributed by atoms with E-state index in [1.54, 1.807) is 30.8 Å². The molecule has 2 aromatic rings. The van der Waals surface area contributed by atoms with Crippen LogP contribution in [0.3, 0.4) is 0 Å². The lowest BCUT2D eigenvalue weighted by atomic mass is 10.1. The third-order valence-corrected chi connectivity index (χ3v) is 2.92. The van der Waals surface area contributed by atoms with E-state index in [1.165, 1.54) is 0 Å². The van der Waals surface area contributed by atoms with Crippen LogP contribution in [-0.2, 0) is 0 Å². The van der Waals surface area contributed by atoms with Gasteiger partial charge in [-0.2, -0.15) is 0 Å². The number of nitrogens with one attached hydrogen (secondary N) is 1. The molecule has 0 amide bonds. The van der Waals surface area contributed by atoms with E-state index >= 15 is 0 Å². The lowest BCUT2D eigenvalue weighted by molar-refractivity contribution is 0.382. The smallest absolute Gasteiger partial charge is 0.237 e. The van der Waals surface area contributed by atoms with Gasteiger partial charge in [-0.05, 0) is 6.54 Å². The Hall–Kier alpha value is -1.53. The summed E-state index contributed by atoms with van der Waals surface area (Å²) in [7, 11) is 1.59. The van der Waals surface area contributed by atoms with Crippen LogP contribution in [0.5, 0.6) is 5.88 Å². The molecular weight excluding hydrogens is 236 g/mol. The molecular formula is C11H14N4OS. The molecule has 2 heterocycles. The molecule has 0 aliphatic heterocycles. The first-order valence-electron chi connectivity index (χ1n) is 5.33. The molecule has 0 saturated heterocycles. The zero-order valence-electron chi connectivity index (χ0n) is 9.75. The van der Waals surface area contributed by atoms with E-state index in [2.05, 4.69) is 20.3 Å². The molecule has 2 aromatic heterocycles. The molecule has 90 valence electrons. The maximum Gasteiger partial charge on any atom is 0.237 e. The predicted molar refractivity (Wildman–Crippen MR) is 66.2 cm³/mol. The van der Waals surface area contributed by atoms with Crippen molar-refractivity contribution in [3.63, 3.8) is 0 Å². The Kier molecular flexibility index (Phi) is 4.00. The van der Waals surface area contributed by atoms with Gasteiger partial charge in [0.05, 0.1) is 24.4 Å². The molecule has 0 aliphatic rings. The fraction of sp³-hybridized carbons (Fsp3) is 0.364. The molecule has 0 radical (unpaired) electrons. The normalized spacial score (nSPS) is 12.4. The summed E-state index contributed by atoms with van der Waals surface area (Å²) < 4.78 is 5.23. The molecule has 2 rings (SSSR count). The molecule has 0 spiro atoms. The fourth-order valence-electron chi connectivity index (χ4n) is 1.60. The van der Waals surface area contributed by atoms with Crippen LogP contribution in [0.1, 0.15) is 24.4 Å². The highest BCUT2D eigenvalue weighted by Crippen LogP contribution is 2.25. The lowest BCUT2D eigenvalue weighted by Crippen LogP contribution is -2.24. The number of thiazole rings is 1. The average molecular weight is 250 g/mol. The third kappa shape index (κ3) is 2.59. The SMILES string of the molecule is CCNC(c1cscn1)c1nccnc1OC. The van der Waals surface area contributed by atoms with E-state index in [1.807, 2.05) is 17.8 Å². The lowest BCUT2D eigenvalue weighted by Gasteiger charge is -2.16. The van der Waals surface area contributed by atoms with E-state index in [0.29, 0.717) is 5.88 Å². The summed E-state index contributed by atoms with van der Waals surface area (Å²) in [5.74, 6) is 0.534. The van der Waals surface area contributed by atoms with E-state index in [4.69, 9.17) is 4.74 Å².